The summed E-state index contributed by atoms with van der Waals surface area (Å²) in [4.78, 5) is 25.7. The molecule has 0 aliphatic carbocycles. The Bertz CT molecular complexity index is 134. The zero-order chi connectivity index (χ0) is 14.1. The van der Waals surface area contributed by atoms with E-state index in [0.29, 0.717) is 6.61 Å². The molecule has 0 aliphatic heterocycles. The topological polar surface area (TPSA) is 193 Å². The molecule has 98 valence electrons. The van der Waals surface area contributed by atoms with Crippen molar-refractivity contribution >= 4 is 18.5 Å². The Kier molecular flexibility index (Phi) is 33.8. The van der Waals surface area contributed by atoms with Gasteiger partial charge in [-0.15, -0.1) is 0 Å². The second-order valence-corrected chi connectivity index (χ2v) is 1.57. The summed E-state index contributed by atoms with van der Waals surface area (Å²) in [6.45, 7) is 2.25. The van der Waals surface area contributed by atoms with Gasteiger partial charge in [0.2, 0.25) is 0 Å². The standard InChI is InChI=1S/C3H8O.3CH2O3/c1-2-3-4;3*2-1(3)4/h4H,2-3H2,1H3;3*(H2,2,3,4). The Morgan fingerprint density at radius 1 is 0.750 bits per heavy atom. The van der Waals surface area contributed by atoms with Crippen LogP contribution in [0, 0.1) is 0 Å². The van der Waals surface area contributed by atoms with E-state index in [1.807, 2.05) is 6.92 Å². The third-order valence-electron chi connectivity index (χ3n) is 0.224. The van der Waals surface area contributed by atoms with Gasteiger partial charge in [-0.2, -0.15) is 0 Å². The predicted octanol–water partition coefficient (Wildman–Crippen LogP) is 1.06. The summed E-state index contributed by atoms with van der Waals surface area (Å²) in [5, 5.41) is 49.7. The van der Waals surface area contributed by atoms with E-state index in [-0.39, 0.29) is 0 Å². The quantitative estimate of drug-likeness (QED) is 0.351. The van der Waals surface area contributed by atoms with Gasteiger partial charge in [0.15, 0.2) is 0 Å². The van der Waals surface area contributed by atoms with Crippen LogP contribution in [0.25, 0.3) is 0 Å². The van der Waals surface area contributed by atoms with Crippen molar-refractivity contribution in [3.63, 3.8) is 0 Å². The fourth-order valence-electron chi connectivity index (χ4n) is 0. The summed E-state index contributed by atoms with van der Waals surface area (Å²) in [5.41, 5.74) is 0. The van der Waals surface area contributed by atoms with Crippen molar-refractivity contribution < 1.29 is 50.1 Å². The maximum absolute atomic E-state index is 8.56. The maximum Gasteiger partial charge on any atom is 0.503 e. The lowest BCUT2D eigenvalue weighted by molar-refractivity contribution is 0.135. The van der Waals surface area contributed by atoms with Crippen molar-refractivity contribution in [3.05, 3.63) is 0 Å². The van der Waals surface area contributed by atoms with Crippen LogP contribution < -0.4 is 0 Å². The zero-order valence-corrected chi connectivity index (χ0v) is 8.27. The molecule has 7 N–H and O–H groups in total. The lowest BCUT2D eigenvalue weighted by atomic mass is 10.5. The zero-order valence-electron chi connectivity index (χ0n) is 8.27. The predicted molar refractivity (Wildman–Crippen MR) is 49.3 cm³/mol. The Labute approximate surface area is 89.6 Å². The van der Waals surface area contributed by atoms with Crippen LogP contribution in [0.5, 0.6) is 0 Å². The van der Waals surface area contributed by atoms with Gasteiger partial charge in [0.1, 0.15) is 0 Å². The summed E-state index contributed by atoms with van der Waals surface area (Å²) >= 11 is 0. The second-order valence-electron chi connectivity index (χ2n) is 1.57. The third-order valence-corrected chi connectivity index (χ3v) is 0.224. The molecule has 0 saturated carbocycles. The molecule has 0 spiro atoms. The highest BCUT2D eigenvalue weighted by molar-refractivity contribution is 5.53. The van der Waals surface area contributed by atoms with Crippen LogP contribution in [0.15, 0.2) is 0 Å². The molecule has 16 heavy (non-hydrogen) atoms. The largest absolute Gasteiger partial charge is 0.503 e. The van der Waals surface area contributed by atoms with Crippen molar-refractivity contribution in [2.45, 2.75) is 13.3 Å². The van der Waals surface area contributed by atoms with Crippen LogP contribution in [0.4, 0.5) is 14.4 Å². The molecule has 10 heteroatoms. The number of hydrogen-bond acceptors (Lipinski definition) is 4. The van der Waals surface area contributed by atoms with E-state index in [9.17, 15) is 0 Å². The molecule has 0 unspecified atom stereocenters. The van der Waals surface area contributed by atoms with Gasteiger partial charge in [0.25, 0.3) is 0 Å². The first kappa shape index (κ1) is 23.5. The van der Waals surface area contributed by atoms with E-state index in [1.165, 1.54) is 0 Å². The van der Waals surface area contributed by atoms with Gasteiger partial charge in [0, 0.05) is 6.61 Å². The van der Waals surface area contributed by atoms with Gasteiger partial charge in [0.05, 0.1) is 0 Å². The molecular formula is C6H14O10. The Morgan fingerprint density at radius 2 is 0.812 bits per heavy atom. The Hall–Kier alpha value is -2.23. The smallest absolute Gasteiger partial charge is 0.450 e. The summed E-state index contributed by atoms with van der Waals surface area (Å²) in [6, 6.07) is 0. The molecule has 0 fully saturated rings. The van der Waals surface area contributed by atoms with Crippen LogP contribution in [0.3, 0.4) is 0 Å². The lowest BCUT2D eigenvalue weighted by Gasteiger charge is -1.69. The fourth-order valence-corrected chi connectivity index (χ4v) is 0. The maximum atomic E-state index is 8.56. The van der Waals surface area contributed by atoms with Gasteiger partial charge in [-0.3, -0.25) is 0 Å². The molecule has 0 heterocycles. The number of carboxylic acid groups (broad SMARTS) is 6. The molecule has 0 aromatic heterocycles. The van der Waals surface area contributed by atoms with E-state index in [0.717, 1.165) is 6.42 Å². The number of rotatable bonds is 1. The summed E-state index contributed by atoms with van der Waals surface area (Å²) in [6.07, 6.45) is -4.62. The molecule has 0 saturated heterocycles. The molecule has 0 radical (unpaired) electrons. The van der Waals surface area contributed by atoms with Crippen LogP contribution in [0.2, 0.25) is 0 Å². The van der Waals surface area contributed by atoms with E-state index >= 15 is 0 Å². The normalized spacial score (nSPS) is 6.38. The number of aliphatic hydroxyl groups excluding tert-OH is 1. The minimum Gasteiger partial charge on any atom is -0.450 e. The molecule has 0 aliphatic rings. The van der Waals surface area contributed by atoms with E-state index in [4.69, 9.17) is 50.1 Å². The first-order chi connectivity index (χ1) is 7.11. The highest BCUT2D eigenvalue weighted by Crippen LogP contribution is 1.61. The van der Waals surface area contributed by atoms with Crippen LogP contribution in [-0.2, 0) is 0 Å². The van der Waals surface area contributed by atoms with Crippen molar-refractivity contribution in [2.24, 2.45) is 0 Å². The summed E-state index contributed by atoms with van der Waals surface area (Å²) in [5.74, 6) is 0. The highest BCUT2D eigenvalue weighted by atomic mass is 16.6. The van der Waals surface area contributed by atoms with Crippen LogP contribution >= 0.6 is 0 Å². The second kappa shape index (κ2) is 23.0. The Morgan fingerprint density at radius 3 is 0.812 bits per heavy atom. The van der Waals surface area contributed by atoms with E-state index in [1.54, 1.807) is 0 Å². The molecule has 0 aromatic rings. The molecule has 10 nitrogen and oxygen atoms in total. The highest BCUT2D eigenvalue weighted by Gasteiger charge is 1.71. The minimum atomic E-state index is -1.83. The van der Waals surface area contributed by atoms with Gasteiger partial charge in [-0.1, -0.05) is 6.92 Å². The first-order valence-electron chi connectivity index (χ1n) is 3.48. The molecular weight excluding hydrogens is 232 g/mol. The van der Waals surface area contributed by atoms with Crippen LogP contribution in [-0.4, -0.2) is 60.8 Å². The average molecular weight is 246 g/mol. The number of aliphatic hydroxyl groups is 1. The van der Waals surface area contributed by atoms with Gasteiger partial charge < -0.3 is 35.7 Å². The molecule has 0 aromatic carbocycles. The fraction of sp³-hybridized carbons (Fsp3) is 0.500. The lowest BCUT2D eigenvalue weighted by Crippen LogP contribution is -1.81. The summed E-state index contributed by atoms with van der Waals surface area (Å²) < 4.78 is 0. The average Bonchev–Trinajstić information content (AvgIpc) is 2.00. The third kappa shape index (κ3) is 902. The van der Waals surface area contributed by atoms with Crippen molar-refractivity contribution in [3.8, 4) is 0 Å². The van der Waals surface area contributed by atoms with Crippen molar-refractivity contribution in [1.82, 2.24) is 0 Å². The van der Waals surface area contributed by atoms with Gasteiger partial charge in [-0.25, -0.2) is 14.4 Å². The van der Waals surface area contributed by atoms with Gasteiger partial charge >= 0.3 is 18.5 Å². The van der Waals surface area contributed by atoms with Gasteiger partial charge in [-0.05, 0) is 6.42 Å². The van der Waals surface area contributed by atoms with Crippen molar-refractivity contribution in [1.29, 1.82) is 0 Å². The van der Waals surface area contributed by atoms with E-state index < -0.39 is 18.5 Å². The number of hydrogen-bond donors (Lipinski definition) is 7. The molecule has 0 bridgehead atoms. The van der Waals surface area contributed by atoms with Crippen LogP contribution in [0.1, 0.15) is 13.3 Å². The SMILES string of the molecule is CCCO.O=C(O)O.O=C(O)O.O=C(O)O. The minimum absolute atomic E-state index is 0.319. The Balaban J connectivity index is -0.0000000600. The molecule has 0 atom stereocenters. The van der Waals surface area contributed by atoms with Crippen molar-refractivity contribution in [2.75, 3.05) is 6.61 Å². The first-order valence-corrected chi connectivity index (χ1v) is 3.48. The van der Waals surface area contributed by atoms with E-state index in [2.05, 4.69) is 0 Å². The molecule has 0 rings (SSSR count). The summed E-state index contributed by atoms with van der Waals surface area (Å²) in [7, 11) is 0. The number of carbonyl (C=O) groups is 3. The molecule has 0 amide bonds. The monoisotopic (exact) mass is 246 g/mol.